The number of imidazole rings is 1. The molecule has 2 aliphatic heterocycles. The van der Waals surface area contributed by atoms with E-state index in [1.165, 1.54) is 0 Å². The molecule has 3 heterocycles. The summed E-state index contributed by atoms with van der Waals surface area (Å²) in [5.74, 6) is 0.264. The summed E-state index contributed by atoms with van der Waals surface area (Å²) in [6.07, 6.45) is 6.90. The van der Waals surface area contributed by atoms with E-state index in [2.05, 4.69) is 15.0 Å². The highest BCUT2D eigenvalue weighted by Gasteiger charge is 2.35. The van der Waals surface area contributed by atoms with Gasteiger partial charge in [0.2, 0.25) is 15.9 Å². The molecule has 9 heteroatoms. The van der Waals surface area contributed by atoms with E-state index in [1.807, 2.05) is 28.7 Å². The van der Waals surface area contributed by atoms with Crippen LogP contribution in [0.4, 0.5) is 5.69 Å². The summed E-state index contributed by atoms with van der Waals surface area (Å²) in [5.41, 5.74) is 0.638. The van der Waals surface area contributed by atoms with Gasteiger partial charge in [0.1, 0.15) is 4.90 Å². The number of benzene rings is 1. The Morgan fingerprint density at radius 1 is 1.29 bits per heavy atom. The van der Waals surface area contributed by atoms with Gasteiger partial charge in [0.25, 0.3) is 0 Å². The summed E-state index contributed by atoms with van der Waals surface area (Å²) in [6, 6.07) is 7.00. The Labute approximate surface area is 165 Å². The van der Waals surface area contributed by atoms with Crippen LogP contribution in [0.2, 0.25) is 0 Å². The zero-order valence-electron chi connectivity index (χ0n) is 15.8. The first-order chi connectivity index (χ1) is 13.4. The molecule has 2 atom stereocenters. The number of carbonyl (C=O) groups is 1. The Morgan fingerprint density at radius 3 is 2.75 bits per heavy atom. The van der Waals surface area contributed by atoms with Crippen LogP contribution >= 0.6 is 0 Å². The number of carbonyl (C=O) groups excluding carboxylic acids is 1. The molecule has 1 aromatic heterocycles. The molecule has 8 nitrogen and oxygen atoms in total. The maximum atomic E-state index is 12.6. The molecule has 2 unspecified atom stereocenters. The van der Waals surface area contributed by atoms with Gasteiger partial charge in [-0.2, -0.15) is 4.72 Å². The second kappa shape index (κ2) is 7.56. The number of rotatable bonds is 4. The van der Waals surface area contributed by atoms with Gasteiger partial charge in [0.15, 0.2) is 0 Å². The monoisotopic (exact) mass is 403 g/mol. The third-order valence-electron chi connectivity index (χ3n) is 5.64. The van der Waals surface area contributed by atoms with E-state index in [-0.39, 0.29) is 28.9 Å². The Kier molecular flexibility index (Phi) is 5.11. The second-order valence-corrected chi connectivity index (χ2v) is 9.20. The lowest BCUT2D eigenvalue weighted by atomic mass is 9.93. The molecule has 2 aromatic rings. The summed E-state index contributed by atoms with van der Waals surface area (Å²) < 4.78 is 29.7. The summed E-state index contributed by atoms with van der Waals surface area (Å²) in [4.78, 5) is 18.8. The van der Waals surface area contributed by atoms with Gasteiger partial charge < -0.3 is 14.8 Å². The zero-order valence-corrected chi connectivity index (χ0v) is 16.6. The number of piperidine rings is 1. The average Bonchev–Trinajstić information content (AvgIpc) is 3.22. The normalized spacial score (nSPS) is 22.9. The lowest BCUT2D eigenvalue weighted by Gasteiger charge is -2.39. The number of anilines is 1. The zero-order chi connectivity index (χ0) is 19.7. The first kappa shape index (κ1) is 18.9. The van der Waals surface area contributed by atoms with Gasteiger partial charge in [-0.25, -0.2) is 13.4 Å². The van der Waals surface area contributed by atoms with E-state index in [1.54, 1.807) is 30.7 Å². The van der Waals surface area contributed by atoms with E-state index in [9.17, 15) is 13.2 Å². The molecule has 1 fully saturated rings. The highest BCUT2D eigenvalue weighted by molar-refractivity contribution is 7.89. The highest BCUT2D eigenvalue weighted by atomic mass is 32.2. The van der Waals surface area contributed by atoms with Crippen LogP contribution in [0.5, 0.6) is 0 Å². The number of hydrogen-bond donors (Lipinski definition) is 2. The van der Waals surface area contributed by atoms with E-state index in [4.69, 9.17) is 0 Å². The minimum atomic E-state index is -3.51. The van der Waals surface area contributed by atoms with E-state index in [0.717, 1.165) is 12.8 Å². The second-order valence-electron chi connectivity index (χ2n) is 7.52. The van der Waals surface area contributed by atoms with Crippen molar-refractivity contribution in [1.82, 2.24) is 19.2 Å². The van der Waals surface area contributed by atoms with Crippen molar-refractivity contribution in [3.8, 4) is 0 Å². The van der Waals surface area contributed by atoms with Crippen molar-refractivity contribution >= 4 is 21.6 Å². The molecule has 1 amide bonds. The fourth-order valence-corrected chi connectivity index (χ4v) is 5.35. The van der Waals surface area contributed by atoms with E-state index < -0.39 is 10.0 Å². The van der Waals surface area contributed by atoms with Crippen LogP contribution in [-0.4, -0.2) is 48.0 Å². The van der Waals surface area contributed by atoms with Crippen LogP contribution in [0, 0.1) is 5.92 Å². The average molecular weight is 404 g/mol. The Morgan fingerprint density at radius 2 is 2.04 bits per heavy atom. The molecule has 28 heavy (non-hydrogen) atoms. The maximum absolute atomic E-state index is 12.6. The van der Waals surface area contributed by atoms with Crippen LogP contribution in [0.3, 0.4) is 0 Å². The first-order valence-electron chi connectivity index (χ1n) is 9.57. The third-order valence-corrected chi connectivity index (χ3v) is 7.14. The predicted molar refractivity (Wildman–Crippen MR) is 105 cm³/mol. The number of hydrogen-bond acceptors (Lipinski definition) is 5. The minimum Gasteiger partial charge on any atom is -0.368 e. The quantitative estimate of drug-likeness (QED) is 0.812. The largest absolute Gasteiger partial charge is 0.368 e. The highest BCUT2D eigenvalue weighted by Crippen LogP contribution is 2.31. The van der Waals surface area contributed by atoms with Gasteiger partial charge >= 0.3 is 0 Å². The molecule has 0 spiro atoms. The van der Waals surface area contributed by atoms with Crippen LogP contribution in [0.15, 0.2) is 47.9 Å². The Bertz CT molecular complexity index is 936. The number of likely N-dealkylation sites (tertiary alicyclic amines) is 1. The SMILES string of the molecule is CC(CC(=O)N1CCC(C2Nc3ccccc3S(=O)(=O)N2)CC1)n1ccnc1. The molecule has 0 radical (unpaired) electrons. The number of sulfonamides is 1. The smallest absolute Gasteiger partial charge is 0.244 e. The number of amides is 1. The molecule has 4 rings (SSSR count). The number of nitrogens with zero attached hydrogens (tertiary/aromatic N) is 3. The van der Waals surface area contributed by atoms with E-state index >= 15 is 0 Å². The standard InChI is InChI=1S/C19H25N5O3S/c1-14(24-11-8-20-13-24)12-18(25)23-9-6-15(7-10-23)19-21-16-4-2-3-5-17(16)28(26,27)22-19/h2-5,8,11,13-15,19,21-22H,6-7,9-10,12H2,1H3. The summed E-state index contributed by atoms with van der Waals surface area (Å²) in [5, 5.41) is 3.31. The molecule has 0 bridgehead atoms. The van der Waals surface area contributed by atoms with Crippen molar-refractivity contribution in [2.24, 2.45) is 5.92 Å². The van der Waals surface area contributed by atoms with Gasteiger partial charge in [-0.1, -0.05) is 12.1 Å². The molecule has 0 saturated carbocycles. The molecule has 1 saturated heterocycles. The molecular formula is C19H25N5O3S. The van der Waals surface area contributed by atoms with Gasteiger partial charge in [-0.3, -0.25) is 4.79 Å². The summed E-state index contributed by atoms with van der Waals surface area (Å²) in [6.45, 7) is 3.29. The van der Waals surface area contributed by atoms with Gasteiger partial charge in [0.05, 0.1) is 18.2 Å². The number of fused-ring (bicyclic) bond motifs is 1. The number of para-hydroxylation sites is 1. The Balaban J connectivity index is 1.35. The third kappa shape index (κ3) is 3.77. The fraction of sp³-hybridized carbons (Fsp3) is 0.474. The molecular weight excluding hydrogens is 378 g/mol. The minimum absolute atomic E-state index is 0.0658. The number of nitrogens with one attached hydrogen (secondary N) is 2. The molecule has 2 N–H and O–H groups in total. The van der Waals surface area contributed by atoms with Crippen LogP contribution in [-0.2, 0) is 14.8 Å². The fourth-order valence-electron chi connectivity index (χ4n) is 3.96. The van der Waals surface area contributed by atoms with Gasteiger partial charge in [0, 0.05) is 37.9 Å². The van der Waals surface area contributed by atoms with Crippen LogP contribution in [0.25, 0.3) is 0 Å². The van der Waals surface area contributed by atoms with Crippen molar-refractivity contribution < 1.29 is 13.2 Å². The molecule has 0 aliphatic carbocycles. The lowest BCUT2D eigenvalue weighted by Crippen LogP contribution is -2.52. The molecule has 150 valence electrons. The van der Waals surface area contributed by atoms with Crippen LogP contribution in [0.1, 0.15) is 32.2 Å². The maximum Gasteiger partial charge on any atom is 0.244 e. The van der Waals surface area contributed by atoms with Crippen LogP contribution < -0.4 is 10.0 Å². The first-order valence-corrected chi connectivity index (χ1v) is 11.1. The molecule has 1 aromatic carbocycles. The van der Waals surface area contributed by atoms with Gasteiger partial charge in [-0.15, -0.1) is 0 Å². The Hall–Kier alpha value is -2.39. The van der Waals surface area contributed by atoms with E-state index in [0.29, 0.717) is 25.2 Å². The van der Waals surface area contributed by atoms with Crippen molar-refractivity contribution in [1.29, 1.82) is 0 Å². The summed E-state index contributed by atoms with van der Waals surface area (Å²) >= 11 is 0. The lowest BCUT2D eigenvalue weighted by molar-refractivity contribution is -0.133. The van der Waals surface area contributed by atoms with Crippen molar-refractivity contribution in [2.45, 2.75) is 43.3 Å². The summed E-state index contributed by atoms with van der Waals surface area (Å²) in [7, 11) is -3.51. The van der Waals surface area contributed by atoms with Crippen molar-refractivity contribution in [2.75, 3.05) is 18.4 Å². The topological polar surface area (TPSA) is 96.3 Å². The number of aromatic nitrogens is 2. The van der Waals surface area contributed by atoms with Gasteiger partial charge in [-0.05, 0) is 37.8 Å². The predicted octanol–water partition coefficient (Wildman–Crippen LogP) is 1.80. The van der Waals surface area contributed by atoms with Crippen molar-refractivity contribution in [3.05, 3.63) is 43.0 Å². The molecule has 2 aliphatic rings. The van der Waals surface area contributed by atoms with Crippen molar-refractivity contribution in [3.63, 3.8) is 0 Å².